The highest BCUT2D eigenvalue weighted by Gasteiger charge is 2.38. The van der Waals surface area contributed by atoms with E-state index in [2.05, 4.69) is 0 Å². The van der Waals surface area contributed by atoms with Crippen LogP contribution in [0.4, 0.5) is 0 Å². The first-order valence-electron chi connectivity index (χ1n) is 4.65. The molecule has 0 radical (unpaired) electrons. The zero-order valence-corrected chi connectivity index (χ0v) is 7.88. The van der Waals surface area contributed by atoms with Gasteiger partial charge in [-0.1, -0.05) is 24.3 Å². The van der Waals surface area contributed by atoms with Crippen molar-refractivity contribution in [3.8, 4) is 0 Å². The quantitative estimate of drug-likeness (QED) is 0.767. The van der Waals surface area contributed by atoms with Crippen molar-refractivity contribution in [1.82, 2.24) is 0 Å². The second-order valence-corrected chi connectivity index (χ2v) is 3.65. The Hall–Kier alpha value is -1.84. The lowest BCUT2D eigenvalue weighted by Gasteiger charge is -2.03. The third kappa shape index (κ3) is 1.48. The number of carboxylic acid groups (broad SMARTS) is 2. The standard InChI is InChI=1S/C11H10O4/c12-10(13)8-5-9(11(14)15)7-4-2-1-3-6(7)8/h1-4,8-9H,5H2,(H,12,13)(H,14,15)/t8-,9-/m1/s1. The lowest BCUT2D eigenvalue weighted by atomic mass is 10.0. The van der Waals surface area contributed by atoms with Crippen LogP contribution in [0.15, 0.2) is 24.3 Å². The number of rotatable bonds is 2. The molecule has 0 saturated heterocycles. The summed E-state index contributed by atoms with van der Waals surface area (Å²) in [4.78, 5) is 21.9. The molecule has 1 aliphatic carbocycles. The number of carboxylic acids is 2. The molecule has 1 aromatic carbocycles. The van der Waals surface area contributed by atoms with E-state index < -0.39 is 23.8 Å². The molecule has 1 aliphatic rings. The highest BCUT2D eigenvalue weighted by atomic mass is 16.4. The van der Waals surface area contributed by atoms with Crippen molar-refractivity contribution in [3.05, 3.63) is 35.4 Å². The number of hydrogen-bond donors (Lipinski definition) is 2. The highest BCUT2D eigenvalue weighted by molar-refractivity contribution is 5.85. The summed E-state index contributed by atoms with van der Waals surface area (Å²) >= 11 is 0. The van der Waals surface area contributed by atoms with Gasteiger partial charge in [-0.25, -0.2) is 0 Å². The van der Waals surface area contributed by atoms with Crippen molar-refractivity contribution in [1.29, 1.82) is 0 Å². The smallest absolute Gasteiger partial charge is 0.311 e. The average molecular weight is 206 g/mol. The Labute approximate surface area is 86.2 Å². The highest BCUT2D eigenvalue weighted by Crippen LogP contribution is 2.41. The van der Waals surface area contributed by atoms with Crippen LogP contribution in [0.5, 0.6) is 0 Å². The van der Waals surface area contributed by atoms with Crippen LogP contribution in [0.2, 0.25) is 0 Å². The molecule has 0 unspecified atom stereocenters. The first-order chi connectivity index (χ1) is 7.11. The minimum Gasteiger partial charge on any atom is -0.481 e. The molecule has 4 heteroatoms. The molecule has 0 bridgehead atoms. The number of carbonyl (C=O) groups is 2. The summed E-state index contributed by atoms with van der Waals surface area (Å²) in [5, 5.41) is 17.9. The van der Waals surface area contributed by atoms with Gasteiger partial charge in [0.2, 0.25) is 0 Å². The topological polar surface area (TPSA) is 74.6 Å². The Bertz CT molecular complexity index is 385. The summed E-state index contributed by atoms with van der Waals surface area (Å²) < 4.78 is 0. The van der Waals surface area contributed by atoms with Crippen LogP contribution >= 0.6 is 0 Å². The molecular weight excluding hydrogens is 196 g/mol. The van der Waals surface area contributed by atoms with Crippen molar-refractivity contribution in [2.75, 3.05) is 0 Å². The Kier molecular flexibility index (Phi) is 2.19. The van der Waals surface area contributed by atoms with Crippen molar-refractivity contribution < 1.29 is 19.8 Å². The first-order valence-corrected chi connectivity index (χ1v) is 4.65. The van der Waals surface area contributed by atoms with Gasteiger partial charge < -0.3 is 10.2 Å². The van der Waals surface area contributed by atoms with E-state index in [4.69, 9.17) is 10.2 Å². The Morgan fingerprint density at radius 1 is 1.00 bits per heavy atom. The largest absolute Gasteiger partial charge is 0.481 e. The van der Waals surface area contributed by atoms with Crippen LogP contribution < -0.4 is 0 Å². The second-order valence-electron chi connectivity index (χ2n) is 3.65. The SMILES string of the molecule is O=C(O)[C@@H]1C[C@@H](C(=O)O)c2ccccc21. The maximum atomic E-state index is 10.9. The van der Waals surface area contributed by atoms with Crippen molar-refractivity contribution in [2.45, 2.75) is 18.3 Å². The molecular formula is C11H10O4. The Morgan fingerprint density at radius 3 is 1.73 bits per heavy atom. The number of fused-ring (bicyclic) bond motifs is 1. The van der Waals surface area contributed by atoms with Gasteiger partial charge in [0.15, 0.2) is 0 Å². The van der Waals surface area contributed by atoms with Crippen LogP contribution in [0.25, 0.3) is 0 Å². The van der Waals surface area contributed by atoms with E-state index in [0.29, 0.717) is 11.1 Å². The summed E-state index contributed by atoms with van der Waals surface area (Å²) in [6, 6.07) is 6.85. The molecule has 0 spiro atoms. The fraction of sp³-hybridized carbons (Fsp3) is 0.273. The monoisotopic (exact) mass is 206 g/mol. The molecule has 15 heavy (non-hydrogen) atoms. The van der Waals surface area contributed by atoms with Crippen LogP contribution in [-0.4, -0.2) is 22.2 Å². The molecule has 0 aliphatic heterocycles. The predicted octanol–water partition coefficient (Wildman–Crippen LogP) is 1.43. The van der Waals surface area contributed by atoms with Gasteiger partial charge in [0.05, 0.1) is 11.8 Å². The minimum atomic E-state index is -0.953. The third-order valence-corrected chi connectivity index (χ3v) is 2.81. The van der Waals surface area contributed by atoms with E-state index in [1.807, 2.05) is 0 Å². The molecule has 78 valence electrons. The molecule has 0 aromatic heterocycles. The van der Waals surface area contributed by atoms with Crippen LogP contribution in [-0.2, 0) is 9.59 Å². The normalized spacial score (nSPS) is 23.5. The zero-order chi connectivity index (χ0) is 11.0. The van der Waals surface area contributed by atoms with Gasteiger partial charge in [-0.15, -0.1) is 0 Å². The zero-order valence-electron chi connectivity index (χ0n) is 7.88. The molecule has 1 aromatic rings. The molecule has 4 nitrogen and oxygen atoms in total. The summed E-state index contributed by atoms with van der Waals surface area (Å²) in [6.07, 6.45) is 0.157. The second kappa shape index (κ2) is 3.38. The van der Waals surface area contributed by atoms with Gasteiger partial charge in [0.25, 0.3) is 0 Å². The van der Waals surface area contributed by atoms with E-state index in [9.17, 15) is 9.59 Å². The minimum absolute atomic E-state index is 0.157. The van der Waals surface area contributed by atoms with E-state index in [0.717, 1.165) is 0 Å². The van der Waals surface area contributed by atoms with Crippen molar-refractivity contribution in [3.63, 3.8) is 0 Å². The maximum Gasteiger partial charge on any atom is 0.311 e. The summed E-state index contributed by atoms with van der Waals surface area (Å²) in [7, 11) is 0. The van der Waals surface area contributed by atoms with E-state index >= 15 is 0 Å². The van der Waals surface area contributed by atoms with Gasteiger partial charge >= 0.3 is 11.9 Å². The molecule has 2 atom stereocenters. The van der Waals surface area contributed by atoms with E-state index in [-0.39, 0.29) is 6.42 Å². The molecule has 0 heterocycles. The van der Waals surface area contributed by atoms with Crippen LogP contribution in [0.1, 0.15) is 29.4 Å². The van der Waals surface area contributed by atoms with Crippen LogP contribution in [0.3, 0.4) is 0 Å². The van der Waals surface area contributed by atoms with Gasteiger partial charge in [-0.05, 0) is 17.5 Å². The fourth-order valence-corrected chi connectivity index (χ4v) is 2.10. The van der Waals surface area contributed by atoms with Gasteiger partial charge in [0, 0.05) is 0 Å². The lowest BCUT2D eigenvalue weighted by Crippen LogP contribution is -2.11. The summed E-state index contributed by atoms with van der Waals surface area (Å²) in [5.41, 5.74) is 1.27. The van der Waals surface area contributed by atoms with Crippen molar-refractivity contribution >= 4 is 11.9 Å². The first kappa shape index (κ1) is 9.71. The summed E-state index contributed by atoms with van der Waals surface area (Å²) in [5.74, 6) is -3.26. The van der Waals surface area contributed by atoms with Gasteiger partial charge in [0.1, 0.15) is 0 Å². The van der Waals surface area contributed by atoms with Gasteiger partial charge in [-0.3, -0.25) is 9.59 Å². The third-order valence-electron chi connectivity index (χ3n) is 2.81. The Morgan fingerprint density at radius 2 is 1.40 bits per heavy atom. The van der Waals surface area contributed by atoms with E-state index in [1.165, 1.54) is 0 Å². The average Bonchev–Trinajstić information content (AvgIpc) is 2.56. The van der Waals surface area contributed by atoms with Gasteiger partial charge in [-0.2, -0.15) is 0 Å². The lowest BCUT2D eigenvalue weighted by molar-refractivity contribution is -0.140. The van der Waals surface area contributed by atoms with Crippen LogP contribution in [0, 0.1) is 0 Å². The molecule has 0 fully saturated rings. The van der Waals surface area contributed by atoms with Crippen molar-refractivity contribution in [2.24, 2.45) is 0 Å². The number of benzene rings is 1. The Balaban J connectivity index is 2.48. The number of hydrogen-bond acceptors (Lipinski definition) is 2. The summed E-state index contributed by atoms with van der Waals surface area (Å²) in [6.45, 7) is 0. The molecule has 2 N–H and O–H groups in total. The van der Waals surface area contributed by atoms with E-state index in [1.54, 1.807) is 24.3 Å². The predicted molar refractivity (Wildman–Crippen MR) is 51.8 cm³/mol. The molecule has 0 amide bonds. The fourth-order valence-electron chi connectivity index (χ4n) is 2.10. The molecule has 0 saturated carbocycles. The molecule has 2 rings (SSSR count). The number of aliphatic carboxylic acids is 2. The maximum absolute atomic E-state index is 10.9.